The van der Waals surface area contributed by atoms with Gasteiger partial charge in [0, 0.05) is 31.6 Å². The lowest BCUT2D eigenvalue weighted by Crippen LogP contribution is -2.53. The first-order valence-corrected chi connectivity index (χ1v) is 13.5. The molecule has 3 aromatic rings. The van der Waals surface area contributed by atoms with E-state index >= 15 is 0 Å². The summed E-state index contributed by atoms with van der Waals surface area (Å²) in [6.45, 7) is 0.659. The van der Waals surface area contributed by atoms with E-state index in [4.69, 9.17) is 5.73 Å². The number of nitrogens with two attached hydrogens (primary N) is 1. The Labute approximate surface area is 259 Å². The molecule has 45 heavy (non-hydrogen) atoms. The fraction of sp³-hybridized carbons (Fsp3) is 0.393. The largest absolute Gasteiger partial charge is 0.451 e. The molecule has 0 aliphatic carbocycles. The highest BCUT2D eigenvalue weighted by Crippen LogP contribution is 2.29. The maximum atomic E-state index is 14.5. The van der Waals surface area contributed by atoms with Crippen LogP contribution in [0.3, 0.4) is 0 Å². The lowest BCUT2D eigenvalue weighted by atomic mass is 10.0. The first-order valence-electron chi connectivity index (χ1n) is 13.5. The van der Waals surface area contributed by atoms with Gasteiger partial charge in [0.15, 0.2) is 17.5 Å². The molecule has 2 aromatic carbocycles. The van der Waals surface area contributed by atoms with Gasteiger partial charge in [-0.15, -0.1) is 22.6 Å². The van der Waals surface area contributed by atoms with E-state index in [1.165, 1.54) is 11.8 Å². The van der Waals surface area contributed by atoms with Gasteiger partial charge in [0.2, 0.25) is 23.5 Å². The van der Waals surface area contributed by atoms with Crippen LogP contribution in [0.15, 0.2) is 42.5 Å². The molecule has 1 aliphatic heterocycles. The number of fused-ring (bicyclic) bond motifs is 1. The molecule has 0 saturated carbocycles. The van der Waals surface area contributed by atoms with Crippen LogP contribution in [0.1, 0.15) is 36.1 Å². The molecule has 10 nitrogen and oxygen atoms in total. The highest BCUT2D eigenvalue weighted by Gasteiger charge is 2.40. The topological polar surface area (TPSA) is 135 Å². The fourth-order valence-electron chi connectivity index (χ4n) is 4.75. The lowest BCUT2D eigenvalue weighted by molar-refractivity contribution is -0.148. The number of carbonyl (C=O) groups excluding carboxylic acids is 3. The van der Waals surface area contributed by atoms with E-state index in [1.54, 1.807) is 30.3 Å². The molecule has 2 heterocycles. The van der Waals surface area contributed by atoms with E-state index in [0.717, 1.165) is 10.1 Å². The highest BCUT2D eigenvalue weighted by molar-refractivity contribution is 5.90. The standard InChI is InChI=1S/C28H29F6N7O3.ClH/c1-15(36-26(44)22(35)9-16-5-3-2-4-6-16)25(43)37-18(10-17-11-20(30)21(31)13-19(17)29)12-24(42)40-7-8-41-23(14-40)38-39-27(41)28(32,33)34;/h2-6,11,13,15,18,22H,7-10,12,14,35H2,1H3,(H,36,44)(H,37,43);1H/t15?,18-,22?;/m1./s1. The predicted octanol–water partition coefficient (Wildman–Crippen LogP) is 2.67. The first-order chi connectivity index (χ1) is 20.7. The number of rotatable bonds is 10. The number of halogens is 7. The Morgan fingerprint density at radius 2 is 1.60 bits per heavy atom. The van der Waals surface area contributed by atoms with Gasteiger partial charge in [-0.2, -0.15) is 13.2 Å². The van der Waals surface area contributed by atoms with Crippen LogP contribution in [0.4, 0.5) is 26.3 Å². The summed E-state index contributed by atoms with van der Waals surface area (Å²) in [5.74, 6) is -7.24. The van der Waals surface area contributed by atoms with Crippen LogP contribution in [0.2, 0.25) is 0 Å². The second-order valence-electron chi connectivity index (χ2n) is 10.4. The van der Waals surface area contributed by atoms with E-state index in [2.05, 4.69) is 20.8 Å². The van der Waals surface area contributed by atoms with Crippen LogP contribution in [0, 0.1) is 17.5 Å². The number of hydrogen-bond acceptors (Lipinski definition) is 6. The van der Waals surface area contributed by atoms with Crippen molar-refractivity contribution in [2.75, 3.05) is 6.54 Å². The van der Waals surface area contributed by atoms with Crippen LogP contribution in [0.5, 0.6) is 0 Å². The molecule has 244 valence electrons. The van der Waals surface area contributed by atoms with E-state index in [-0.39, 0.29) is 49.8 Å². The van der Waals surface area contributed by atoms with Gasteiger partial charge >= 0.3 is 6.18 Å². The molecule has 0 fully saturated rings. The lowest BCUT2D eigenvalue weighted by Gasteiger charge is -2.30. The van der Waals surface area contributed by atoms with Crippen molar-refractivity contribution in [1.82, 2.24) is 30.3 Å². The van der Waals surface area contributed by atoms with Gasteiger partial charge in [0.05, 0.1) is 12.6 Å². The van der Waals surface area contributed by atoms with Crippen molar-refractivity contribution in [3.63, 3.8) is 0 Å². The van der Waals surface area contributed by atoms with Crippen LogP contribution in [0.25, 0.3) is 0 Å². The molecule has 3 atom stereocenters. The normalized spacial score (nSPS) is 14.9. The Morgan fingerprint density at radius 3 is 2.27 bits per heavy atom. The molecule has 1 aromatic heterocycles. The summed E-state index contributed by atoms with van der Waals surface area (Å²) in [6.07, 6.45) is -5.48. The zero-order valence-electron chi connectivity index (χ0n) is 23.8. The summed E-state index contributed by atoms with van der Waals surface area (Å²) < 4.78 is 82.3. The molecule has 0 spiro atoms. The number of amides is 3. The molecular weight excluding hydrogens is 632 g/mol. The van der Waals surface area contributed by atoms with Crippen LogP contribution < -0.4 is 16.4 Å². The maximum absolute atomic E-state index is 14.5. The van der Waals surface area contributed by atoms with Crippen molar-refractivity contribution in [3.8, 4) is 0 Å². The summed E-state index contributed by atoms with van der Waals surface area (Å²) in [4.78, 5) is 40.0. The number of alkyl halides is 3. The number of nitrogens with one attached hydrogen (secondary N) is 2. The summed E-state index contributed by atoms with van der Waals surface area (Å²) in [5, 5.41) is 11.7. The molecule has 1 aliphatic rings. The van der Waals surface area contributed by atoms with E-state index in [9.17, 15) is 40.7 Å². The summed E-state index contributed by atoms with van der Waals surface area (Å²) >= 11 is 0. The second kappa shape index (κ2) is 14.7. The average Bonchev–Trinajstić information content (AvgIpc) is 3.40. The van der Waals surface area contributed by atoms with Gasteiger partial charge < -0.3 is 25.8 Å². The van der Waals surface area contributed by atoms with Crippen molar-refractivity contribution in [3.05, 3.63) is 82.7 Å². The molecule has 3 amide bonds. The van der Waals surface area contributed by atoms with Gasteiger partial charge in [-0.25, -0.2) is 13.2 Å². The summed E-state index contributed by atoms with van der Waals surface area (Å²) in [5.41, 5.74) is 6.44. The number of nitrogens with zero attached hydrogens (tertiary/aromatic N) is 4. The Balaban J connectivity index is 0.00000552. The minimum Gasteiger partial charge on any atom is -0.351 e. The summed E-state index contributed by atoms with van der Waals surface area (Å²) in [6, 6.07) is 6.53. The molecule has 0 saturated heterocycles. The zero-order chi connectivity index (χ0) is 32.2. The van der Waals surface area contributed by atoms with Crippen LogP contribution in [-0.2, 0) is 46.5 Å². The Bertz CT molecular complexity index is 1520. The predicted molar refractivity (Wildman–Crippen MR) is 150 cm³/mol. The fourth-order valence-corrected chi connectivity index (χ4v) is 4.75. The number of hydrogen-bond donors (Lipinski definition) is 3. The van der Waals surface area contributed by atoms with E-state index in [1.807, 2.05) is 0 Å². The number of aromatic nitrogens is 3. The van der Waals surface area contributed by atoms with Gasteiger partial charge in [0.1, 0.15) is 11.9 Å². The van der Waals surface area contributed by atoms with Crippen LogP contribution >= 0.6 is 12.4 Å². The van der Waals surface area contributed by atoms with Crippen molar-refractivity contribution >= 4 is 30.1 Å². The molecule has 0 radical (unpaired) electrons. The molecule has 4 rings (SSSR count). The number of benzene rings is 2. The third-order valence-corrected chi connectivity index (χ3v) is 7.07. The Hall–Kier alpha value is -4.18. The first kappa shape index (κ1) is 35.3. The third kappa shape index (κ3) is 8.94. The van der Waals surface area contributed by atoms with Gasteiger partial charge in [-0.1, -0.05) is 30.3 Å². The van der Waals surface area contributed by atoms with Gasteiger partial charge in [-0.05, 0) is 37.0 Å². The van der Waals surface area contributed by atoms with Crippen molar-refractivity contribution in [2.45, 2.75) is 63.6 Å². The van der Waals surface area contributed by atoms with Crippen LogP contribution in [-0.4, -0.2) is 62.1 Å². The smallest absolute Gasteiger partial charge is 0.351 e. The SMILES string of the molecule is CC(NC(=O)C(N)Cc1ccccc1)C(=O)N[C@@H](CC(=O)N1CCn2c(nnc2C(F)(F)F)C1)Cc1cc(F)c(F)cc1F.Cl. The summed E-state index contributed by atoms with van der Waals surface area (Å²) in [7, 11) is 0. The number of carbonyl (C=O) groups is 3. The molecule has 17 heteroatoms. The monoisotopic (exact) mass is 661 g/mol. The average molecular weight is 662 g/mol. The molecule has 2 unspecified atom stereocenters. The molecular formula is C28H30ClF6N7O3. The van der Waals surface area contributed by atoms with E-state index in [0.29, 0.717) is 12.1 Å². The maximum Gasteiger partial charge on any atom is 0.451 e. The Kier molecular flexibility index (Phi) is 11.6. The molecule has 4 N–H and O–H groups in total. The quantitative estimate of drug-likeness (QED) is 0.226. The van der Waals surface area contributed by atoms with Crippen molar-refractivity contribution in [2.24, 2.45) is 5.73 Å². The minimum atomic E-state index is -4.74. The molecule has 0 bridgehead atoms. The minimum absolute atomic E-state index is 0. The highest BCUT2D eigenvalue weighted by atomic mass is 35.5. The third-order valence-electron chi connectivity index (χ3n) is 7.07. The van der Waals surface area contributed by atoms with Gasteiger partial charge in [0.25, 0.3) is 0 Å². The Morgan fingerprint density at radius 1 is 0.933 bits per heavy atom. The van der Waals surface area contributed by atoms with E-state index < -0.39 is 78.1 Å². The second-order valence-corrected chi connectivity index (χ2v) is 10.4. The zero-order valence-corrected chi connectivity index (χ0v) is 24.6. The van der Waals surface area contributed by atoms with Crippen molar-refractivity contribution < 1.29 is 40.7 Å². The van der Waals surface area contributed by atoms with Crippen molar-refractivity contribution in [1.29, 1.82) is 0 Å². The van der Waals surface area contributed by atoms with Gasteiger partial charge in [-0.3, -0.25) is 14.4 Å².